The first-order valence-corrected chi connectivity index (χ1v) is 11.0. The van der Waals surface area contributed by atoms with Crippen molar-refractivity contribution >= 4 is 32.9 Å². The van der Waals surface area contributed by atoms with E-state index < -0.39 is 0 Å². The van der Waals surface area contributed by atoms with E-state index in [4.69, 9.17) is 4.74 Å². The number of H-pyrrole nitrogens is 1. The third-order valence-electron chi connectivity index (χ3n) is 5.56. The summed E-state index contributed by atoms with van der Waals surface area (Å²) in [5, 5.41) is 3.90. The minimum Gasteiger partial charge on any atom is -0.375 e. The average molecular weight is 431 g/mol. The Kier molecular flexibility index (Phi) is 5.55. The van der Waals surface area contributed by atoms with Crippen molar-refractivity contribution < 1.29 is 9.13 Å². The molecule has 1 aliphatic rings. The molecule has 3 unspecified atom stereocenters. The molecule has 160 valence electrons. The number of benzene rings is 1. The molecule has 2 N–H and O–H groups in total. The van der Waals surface area contributed by atoms with Gasteiger partial charge in [-0.15, -0.1) is 11.3 Å². The largest absolute Gasteiger partial charge is 0.375 e. The van der Waals surface area contributed by atoms with Crippen molar-refractivity contribution in [1.29, 1.82) is 0 Å². The number of fused-ring (bicyclic) bond motifs is 1. The van der Waals surface area contributed by atoms with Crippen LogP contribution in [0.15, 0.2) is 23.0 Å². The van der Waals surface area contributed by atoms with Gasteiger partial charge >= 0.3 is 0 Å². The number of aromatic nitrogens is 2. The van der Waals surface area contributed by atoms with Gasteiger partial charge in [-0.1, -0.05) is 0 Å². The van der Waals surface area contributed by atoms with E-state index in [1.54, 1.807) is 6.07 Å². The molecule has 0 radical (unpaired) electrons. The SMILES string of the molecule is Cc1sc2nc(C(C)Nc3ccc(N4CC(C)OC(C)C4)c(F)c3)[nH]c(=O)c2c1C. The van der Waals surface area contributed by atoms with Crippen LogP contribution in [0.5, 0.6) is 0 Å². The smallest absolute Gasteiger partial charge is 0.259 e. The van der Waals surface area contributed by atoms with Crippen LogP contribution >= 0.6 is 11.3 Å². The lowest BCUT2D eigenvalue weighted by molar-refractivity contribution is -0.00539. The molecular formula is C22H27FN4O2S. The molecule has 1 aromatic carbocycles. The summed E-state index contributed by atoms with van der Waals surface area (Å²) in [4.78, 5) is 23.9. The van der Waals surface area contributed by atoms with Crippen LogP contribution in [-0.2, 0) is 4.74 Å². The summed E-state index contributed by atoms with van der Waals surface area (Å²) >= 11 is 1.52. The van der Waals surface area contributed by atoms with Crippen LogP contribution in [0, 0.1) is 19.7 Å². The Morgan fingerprint density at radius 3 is 2.67 bits per heavy atom. The summed E-state index contributed by atoms with van der Waals surface area (Å²) in [5.74, 6) is 0.254. The highest BCUT2D eigenvalue weighted by molar-refractivity contribution is 7.18. The molecule has 0 aliphatic carbocycles. The summed E-state index contributed by atoms with van der Waals surface area (Å²) in [6.07, 6.45) is 0.127. The van der Waals surface area contributed by atoms with Gasteiger partial charge in [0.25, 0.3) is 5.56 Å². The fraction of sp³-hybridized carbons (Fsp3) is 0.455. The van der Waals surface area contributed by atoms with E-state index in [-0.39, 0.29) is 29.6 Å². The first-order chi connectivity index (χ1) is 14.2. The molecule has 3 aromatic rings. The van der Waals surface area contributed by atoms with E-state index in [2.05, 4.69) is 15.3 Å². The second-order valence-electron chi connectivity index (χ2n) is 8.11. The summed E-state index contributed by atoms with van der Waals surface area (Å²) in [7, 11) is 0. The van der Waals surface area contributed by atoms with Crippen LogP contribution < -0.4 is 15.8 Å². The second-order valence-corrected chi connectivity index (χ2v) is 9.31. The first kappa shape index (κ1) is 20.8. The van der Waals surface area contributed by atoms with Crippen LogP contribution in [0.1, 0.15) is 43.1 Å². The third-order valence-corrected chi connectivity index (χ3v) is 6.66. The van der Waals surface area contributed by atoms with E-state index in [9.17, 15) is 9.18 Å². The van der Waals surface area contributed by atoms with Gasteiger partial charge in [-0.05, 0) is 58.4 Å². The summed E-state index contributed by atoms with van der Waals surface area (Å²) in [5.41, 5.74) is 2.05. The lowest BCUT2D eigenvalue weighted by atomic mass is 10.1. The molecule has 1 saturated heterocycles. The van der Waals surface area contributed by atoms with Crippen LogP contribution in [0.2, 0.25) is 0 Å². The number of morpholine rings is 1. The lowest BCUT2D eigenvalue weighted by Crippen LogP contribution is -2.45. The van der Waals surface area contributed by atoms with Gasteiger partial charge < -0.3 is 19.9 Å². The molecule has 30 heavy (non-hydrogen) atoms. The second kappa shape index (κ2) is 8.00. The molecule has 6 nitrogen and oxygen atoms in total. The number of thiophene rings is 1. The number of nitrogens with one attached hydrogen (secondary N) is 2. The molecular weight excluding hydrogens is 403 g/mol. The van der Waals surface area contributed by atoms with Gasteiger partial charge in [0, 0.05) is 23.7 Å². The van der Waals surface area contributed by atoms with Gasteiger partial charge in [-0.3, -0.25) is 4.79 Å². The summed E-state index contributed by atoms with van der Waals surface area (Å²) in [6, 6.07) is 4.86. The minimum atomic E-state index is -0.282. The van der Waals surface area contributed by atoms with Crippen molar-refractivity contribution in [3.05, 3.63) is 50.6 Å². The van der Waals surface area contributed by atoms with E-state index in [1.807, 2.05) is 45.6 Å². The number of anilines is 2. The van der Waals surface area contributed by atoms with Gasteiger partial charge in [0.2, 0.25) is 0 Å². The van der Waals surface area contributed by atoms with Gasteiger partial charge in [-0.25, -0.2) is 9.37 Å². The highest BCUT2D eigenvalue weighted by Gasteiger charge is 2.24. The zero-order chi connectivity index (χ0) is 21.6. The van der Waals surface area contributed by atoms with Crippen molar-refractivity contribution in [3.63, 3.8) is 0 Å². The van der Waals surface area contributed by atoms with E-state index in [1.165, 1.54) is 17.4 Å². The van der Waals surface area contributed by atoms with Crippen LogP contribution in [0.25, 0.3) is 10.2 Å². The van der Waals surface area contributed by atoms with Crippen molar-refractivity contribution in [1.82, 2.24) is 9.97 Å². The number of aryl methyl sites for hydroxylation is 2. The van der Waals surface area contributed by atoms with E-state index >= 15 is 0 Å². The van der Waals surface area contributed by atoms with Crippen molar-refractivity contribution in [2.45, 2.75) is 52.9 Å². The Balaban J connectivity index is 1.55. The predicted octanol–water partition coefficient (Wildman–Crippen LogP) is 4.53. The maximum Gasteiger partial charge on any atom is 0.259 e. The fourth-order valence-corrected chi connectivity index (χ4v) is 5.06. The van der Waals surface area contributed by atoms with Crippen LogP contribution in [0.4, 0.5) is 15.8 Å². The van der Waals surface area contributed by atoms with Crippen molar-refractivity contribution in [2.24, 2.45) is 0 Å². The quantitative estimate of drug-likeness (QED) is 0.637. The first-order valence-electron chi connectivity index (χ1n) is 10.2. The van der Waals surface area contributed by atoms with Gasteiger partial charge in [0.1, 0.15) is 16.5 Å². The molecule has 8 heteroatoms. The summed E-state index contributed by atoms with van der Waals surface area (Å²) in [6.45, 7) is 11.1. The number of hydrogen-bond donors (Lipinski definition) is 2. The maximum atomic E-state index is 14.9. The Hall–Kier alpha value is -2.45. The average Bonchev–Trinajstić information content (AvgIpc) is 2.95. The maximum absolute atomic E-state index is 14.9. The normalized spacial score (nSPS) is 20.5. The molecule has 0 bridgehead atoms. The zero-order valence-electron chi connectivity index (χ0n) is 17.9. The van der Waals surface area contributed by atoms with Gasteiger partial charge in [0.05, 0.1) is 29.3 Å². The standard InChI is InChI=1S/C22H27FN4O2S/c1-11-9-27(10-12(2)29-11)18-7-6-16(8-17(18)23)24-14(4)20-25-21(28)19-13(3)15(5)30-22(19)26-20/h6-8,11-12,14,24H,9-10H2,1-5H3,(H,25,26,28). The number of nitrogens with zero attached hydrogens (tertiary/aromatic N) is 2. The molecule has 1 fully saturated rings. The lowest BCUT2D eigenvalue weighted by Gasteiger charge is -2.37. The molecule has 0 spiro atoms. The fourth-order valence-electron chi connectivity index (χ4n) is 4.02. The molecule has 3 heterocycles. The van der Waals surface area contributed by atoms with E-state index in [0.29, 0.717) is 35.7 Å². The van der Waals surface area contributed by atoms with Crippen LogP contribution in [-0.4, -0.2) is 35.3 Å². The summed E-state index contributed by atoms with van der Waals surface area (Å²) < 4.78 is 20.6. The van der Waals surface area contributed by atoms with E-state index in [0.717, 1.165) is 15.3 Å². The Labute approximate surface area is 179 Å². The highest BCUT2D eigenvalue weighted by Crippen LogP contribution is 2.29. The number of aromatic amines is 1. The Bertz CT molecular complexity index is 1130. The molecule has 0 amide bonds. The third kappa shape index (κ3) is 3.94. The Morgan fingerprint density at radius 1 is 1.30 bits per heavy atom. The van der Waals surface area contributed by atoms with Crippen molar-refractivity contribution in [2.75, 3.05) is 23.3 Å². The number of ether oxygens (including phenoxy) is 1. The van der Waals surface area contributed by atoms with Crippen molar-refractivity contribution in [3.8, 4) is 0 Å². The molecule has 3 atom stereocenters. The van der Waals surface area contributed by atoms with Crippen LogP contribution in [0.3, 0.4) is 0 Å². The zero-order valence-corrected chi connectivity index (χ0v) is 18.7. The number of hydrogen-bond acceptors (Lipinski definition) is 6. The predicted molar refractivity (Wildman–Crippen MR) is 120 cm³/mol. The minimum absolute atomic E-state index is 0.0633. The number of rotatable bonds is 4. The molecule has 0 saturated carbocycles. The van der Waals surface area contributed by atoms with Gasteiger partial charge in [0.15, 0.2) is 0 Å². The highest BCUT2D eigenvalue weighted by atomic mass is 32.1. The Morgan fingerprint density at radius 2 is 2.00 bits per heavy atom. The molecule has 1 aliphatic heterocycles. The van der Waals surface area contributed by atoms with Gasteiger partial charge in [-0.2, -0.15) is 0 Å². The molecule has 2 aromatic heterocycles. The monoisotopic (exact) mass is 430 g/mol. The topological polar surface area (TPSA) is 70.2 Å². The molecule has 4 rings (SSSR count). The number of halogens is 1.